The Balaban J connectivity index is 1.83. The molecule has 2 N–H and O–H groups in total. The smallest absolute Gasteiger partial charge is 0.329 e. The molecule has 2 amide bonds. The van der Waals surface area contributed by atoms with Crippen molar-refractivity contribution in [1.29, 1.82) is 0 Å². The second-order valence-electron chi connectivity index (χ2n) is 6.15. The van der Waals surface area contributed by atoms with Crippen LogP contribution in [-0.4, -0.2) is 30.4 Å². The van der Waals surface area contributed by atoms with Gasteiger partial charge in [-0.15, -0.1) is 11.3 Å². The molecule has 1 aromatic heterocycles. The van der Waals surface area contributed by atoms with Crippen molar-refractivity contribution < 1.29 is 19.1 Å². The molecule has 0 fully saturated rings. The van der Waals surface area contributed by atoms with Gasteiger partial charge in [-0.1, -0.05) is 49.7 Å². The van der Waals surface area contributed by atoms with Gasteiger partial charge in [0.05, 0.1) is 4.88 Å². The van der Waals surface area contributed by atoms with Gasteiger partial charge < -0.3 is 15.4 Å². The van der Waals surface area contributed by atoms with E-state index in [9.17, 15) is 14.4 Å². The summed E-state index contributed by atoms with van der Waals surface area (Å²) >= 11 is 7.31. The molecule has 0 spiro atoms. The van der Waals surface area contributed by atoms with Crippen molar-refractivity contribution in [3.8, 4) is 0 Å². The van der Waals surface area contributed by atoms with Crippen LogP contribution in [0.5, 0.6) is 0 Å². The number of nitrogens with one attached hydrogen (secondary N) is 2. The first-order chi connectivity index (χ1) is 12.9. The number of ether oxygens (including phenoxy) is 1. The Morgan fingerprint density at radius 2 is 1.89 bits per heavy atom. The van der Waals surface area contributed by atoms with Gasteiger partial charge >= 0.3 is 5.97 Å². The van der Waals surface area contributed by atoms with Gasteiger partial charge in [0.1, 0.15) is 6.04 Å². The molecule has 2 aromatic rings. The minimum atomic E-state index is -0.837. The molecule has 0 radical (unpaired) electrons. The molecule has 0 bridgehead atoms. The van der Waals surface area contributed by atoms with E-state index in [4.69, 9.17) is 16.3 Å². The van der Waals surface area contributed by atoms with Crippen LogP contribution in [0.2, 0.25) is 5.02 Å². The molecule has 0 aliphatic carbocycles. The van der Waals surface area contributed by atoms with Crippen molar-refractivity contribution in [1.82, 2.24) is 10.6 Å². The number of hydrogen-bond donors (Lipinski definition) is 2. The van der Waals surface area contributed by atoms with E-state index in [1.165, 1.54) is 11.3 Å². The Morgan fingerprint density at radius 1 is 1.15 bits per heavy atom. The molecule has 2 rings (SSSR count). The van der Waals surface area contributed by atoms with Crippen molar-refractivity contribution in [2.24, 2.45) is 5.92 Å². The second kappa shape index (κ2) is 10.1. The fourth-order valence-corrected chi connectivity index (χ4v) is 3.06. The van der Waals surface area contributed by atoms with Crippen molar-refractivity contribution in [3.63, 3.8) is 0 Å². The molecule has 6 nitrogen and oxygen atoms in total. The number of esters is 1. The number of hydrogen-bond acceptors (Lipinski definition) is 5. The van der Waals surface area contributed by atoms with Crippen molar-refractivity contribution in [2.75, 3.05) is 6.61 Å². The van der Waals surface area contributed by atoms with Crippen LogP contribution >= 0.6 is 22.9 Å². The third-order valence-electron chi connectivity index (χ3n) is 3.73. The Hall–Kier alpha value is -2.38. The molecule has 0 saturated carbocycles. The summed E-state index contributed by atoms with van der Waals surface area (Å²) in [5.41, 5.74) is 0.766. The van der Waals surface area contributed by atoms with Gasteiger partial charge in [0.15, 0.2) is 6.61 Å². The number of benzene rings is 1. The highest BCUT2D eigenvalue weighted by molar-refractivity contribution is 7.12. The van der Waals surface area contributed by atoms with Gasteiger partial charge in [-0.05, 0) is 29.0 Å². The van der Waals surface area contributed by atoms with Gasteiger partial charge in [-0.2, -0.15) is 0 Å². The predicted molar refractivity (Wildman–Crippen MR) is 105 cm³/mol. The third kappa shape index (κ3) is 6.37. The largest absolute Gasteiger partial charge is 0.454 e. The SMILES string of the molecule is CC(C)[C@@H](NC(=O)c1cccs1)C(=O)OCC(=O)NCc1ccccc1Cl. The van der Waals surface area contributed by atoms with Crippen molar-refractivity contribution >= 4 is 40.7 Å². The number of amides is 2. The highest BCUT2D eigenvalue weighted by Gasteiger charge is 2.27. The lowest BCUT2D eigenvalue weighted by Gasteiger charge is -2.20. The molecular weight excluding hydrogens is 388 g/mol. The number of rotatable bonds is 8. The van der Waals surface area contributed by atoms with Gasteiger partial charge in [0.2, 0.25) is 0 Å². The van der Waals surface area contributed by atoms with E-state index in [2.05, 4.69) is 10.6 Å². The van der Waals surface area contributed by atoms with Crippen LogP contribution in [0.1, 0.15) is 29.1 Å². The summed E-state index contributed by atoms with van der Waals surface area (Å²) in [5.74, 6) is -1.63. The van der Waals surface area contributed by atoms with E-state index < -0.39 is 24.5 Å². The Bertz CT molecular complexity index is 793. The second-order valence-corrected chi connectivity index (χ2v) is 7.50. The lowest BCUT2D eigenvalue weighted by molar-refractivity contribution is -0.151. The minimum Gasteiger partial charge on any atom is -0.454 e. The quantitative estimate of drug-likeness (QED) is 0.657. The molecule has 144 valence electrons. The molecule has 1 aromatic carbocycles. The molecule has 1 heterocycles. The fourth-order valence-electron chi connectivity index (χ4n) is 2.23. The molecular formula is C19H21ClN2O4S. The summed E-state index contributed by atoms with van der Waals surface area (Å²) in [5, 5.41) is 7.62. The van der Waals surface area contributed by atoms with Crippen LogP contribution in [-0.2, 0) is 20.9 Å². The summed E-state index contributed by atoms with van der Waals surface area (Å²) < 4.78 is 5.07. The maximum atomic E-state index is 12.3. The number of thiophene rings is 1. The average Bonchev–Trinajstić information content (AvgIpc) is 3.18. The maximum absolute atomic E-state index is 12.3. The monoisotopic (exact) mass is 408 g/mol. The standard InChI is InChI=1S/C19H21ClN2O4S/c1-12(2)17(22-18(24)15-8-5-9-27-15)19(25)26-11-16(23)21-10-13-6-3-4-7-14(13)20/h3-9,12,17H,10-11H2,1-2H3,(H,21,23)(H,22,24)/t17-/m1/s1. The number of carbonyl (C=O) groups excluding carboxylic acids is 3. The molecule has 0 aliphatic heterocycles. The summed E-state index contributed by atoms with van der Waals surface area (Å²) in [4.78, 5) is 36.9. The van der Waals surface area contributed by atoms with Crippen LogP contribution < -0.4 is 10.6 Å². The predicted octanol–water partition coefficient (Wildman–Crippen LogP) is 3.02. The van der Waals surface area contributed by atoms with E-state index in [0.717, 1.165) is 5.56 Å². The lowest BCUT2D eigenvalue weighted by Crippen LogP contribution is -2.46. The summed E-state index contributed by atoms with van der Waals surface area (Å²) in [7, 11) is 0. The first-order valence-corrected chi connectivity index (χ1v) is 9.65. The molecule has 0 aliphatic rings. The van der Waals surface area contributed by atoms with Gasteiger partial charge in [-0.3, -0.25) is 9.59 Å². The van der Waals surface area contributed by atoms with Crippen molar-refractivity contribution in [2.45, 2.75) is 26.4 Å². The zero-order valence-corrected chi connectivity index (χ0v) is 16.6. The zero-order chi connectivity index (χ0) is 19.8. The Morgan fingerprint density at radius 3 is 2.52 bits per heavy atom. The Kier molecular flexibility index (Phi) is 7.82. The Labute approximate surface area is 166 Å². The van der Waals surface area contributed by atoms with Crippen LogP contribution in [0.15, 0.2) is 41.8 Å². The van der Waals surface area contributed by atoms with Crippen LogP contribution in [0.3, 0.4) is 0 Å². The molecule has 1 atom stereocenters. The summed E-state index contributed by atoms with van der Waals surface area (Å²) in [6.45, 7) is 3.39. The minimum absolute atomic E-state index is 0.187. The van der Waals surface area contributed by atoms with E-state index in [0.29, 0.717) is 9.90 Å². The number of halogens is 1. The van der Waals surface area contributed by atoms with Gasteiger partial charge in [0.25, 0.3) is 11.8 Å². The van der Waals surface area contributed by atoms with Crippen LogP contribution in [0, 0.1) is 5.92 Å². The van der Waals surface area contributed by atoms with Crippen molar-refractivity contribution in [3.05, 3.63) is 57.2 Å². The van der Waals surface area contributed by atoms with E-state index >= 15 is 0 Å². The zero-order valence-electron chi connectivity index (χ0n) is 15.0. The maximum Gasteiger partial charge on any atom is 0.329 e. The first kappa shape index (κ1) is 20.9. The van der Waals surface area contributed by atoms with Gasteiger partial charge in [0, 0.05) is 11.6 Å². The van der Waals surface area contributed by atoms with E-state index in [1.54, 1.807) is 49.6 Å². The lowest BCUT2D eigenvalue weighted by atomic mass is 10.0. The number of carbonyl (C=O) groups is 3. The highest BCUT2D eigenvalue weighted by Crippen LogP contribution is 2.14. The van der Waals surface area contributed by atoms with E-state index in [1.807, 2.05) is 6.07 Å². The normalized spacial score (nSPS) is 11.7. The highest BCUT2D eigenvalue weighted by atomic mass is 35.5. The molecule has 27 heavy (non-hydrogen) atoms. The summed E-state index contributed by atoms with van der Waals surface area (Å²) in [6.07, 6.45) is 0. The van der Waals surface area contributed by atoms with Crippen LogP contribution in [0.25, 0.3) is 0 Å². The summed E-state index contributed by atoms with van der Waals surface area (Å²) in [6, 6.07) is 9.73. The third-order valence-corrected chi connectivity index (χ3v) is 4.97. The molecule has 0 unspecified atom stereocenters. The molecule has 0 saturated heterocycles. The van der Waals surface area contributed by atoms with E-state index in [-0.39, 0.29) is 18.4 Å². The average molecular weight is 409 g/mol. The topological polar surface area (TPSA) is 84.5 Å². The van der Waals surface area contributed by atoms with Gasteiger partial charge in [-0.25, -0.2) is 4.79 Å². The van der Waals surface area contributed by atoms with Crippen LogP contribution in [0.4, 0.5) is 0 Å². The fraction of sp³-hybridized carbons (Fsp3) is 0.316. The molecule has 8 heteroatoms. The first-order valence-electron chi connectivity index (χ1n) is 8.39.